The van der Waals surface area contributed by atoms with Gasteiger partial charge in [0.25, 0.3) is 0 Å². The van der Waals surface area contributed by atoms with Gasteiger partial charge >= 0.3 is 11.9 Å². The van der Waals surface area contributed by atoms with Gasteiger partial charge in [-0.25, -0.2) is 9.59 Å². The van der Waals surface area contributed by atoms with Crippen LogP contribution in [-0.2, 0) is 23.9 Å². The lowest BCUT2D eigenvalue weighted by Gasteiger charge is -2.55. The minimum Gasteiger partial charge on any atom is -0.461 e. The molecule has 1 saturated carbocycles. The van der Waals surface area contributed by atoms with Crippen molar-refractivity contribution in [2.75, 3.05) is 13.2 Å². The average molecular weight is 344 g/mol. The van der Waals surface area contributed by atoms with Crippen molar-refractivity contribution in [1.82, 2.24) is 0 Å². The molecule has 25 heavy (non-hydrogen) atoms. The first-order chi connectivity index (χ1) is 11.9. The maximum atomic E-state index is 12.9. The van der Waals surface area contributed by atoms with Gasteiger partial charge in [0.1, 0.15) is 19.0 Å². The maximum absolute atomic E-state index is 12.9. The smallest absolute Gasteiger partial charge is 0.334 e. The summed E-state index contributed by atoms with van der Waals surface area (Å²) in [4.78, 5) is 36.8. The number of rotatable bonds is 3. The molecular weight excluding hydrogens is 320 g/mol. The molecule has 5 heteroatoms. The zero-order chi connectivity index (χ0) is 17.8. The van der Waals surface area contributed by atoms with Crippen LogP contribution in [0.15, 0.2) is 23.3 Å². The lowest BCUT2D eigenvalue weighted by Crippen LogP contribution is -2.55. The molecule has 0 amide bonds. The fourth-order valence-electron chi connectivity index (χ4n) is 5.56. The van der Waals surface area contributed by atoms with E-state index in [2.05, 4.69) is 6.92 Å². The molecule has 2 aliphatic heterocycles. The molecule has 1 spiro atoms. The van der Waals surface area contributed by atoms with E-state index < -0.39 is 5.41 Å². The van der Waals surface area contributed by atoms with E-state index in [1.54, 1.807) is 0 Å². The summed E-state index contributed by atoms with van der Waals surface area (Å²) in [6, 6.07) is 0. The van der Waals surface area contributed by atoms with Crippen LogP contribution in [0.3, 0.4) is 0 Å². The molecule has 0 radical (unpaired) electrons. The number of ether oxygens (including phenoxy) is 2. The van der Waals surface area contributed by atoms with Crippen molar-refractivity contribution in [3.8, 4) is 0 Å². The number of hydrogen-bond acceptors (Lipinski definition) is 5. The summed E-state index contributed by atoms with van der Waals surface area (Å²) in [5.74, 6) is -0.158. The van der Waals surface area contributed by atoms with Gasteiger partial charge in [0.15, 0.2) is 0 Å². The summed E-state index contributed by atoms with van der Waals surface area (Å²) in [7, 11) is 0. The van der Waals surface area contributed by atoms with Crippen LogP contribution < -0.4 is 0 Å². The molecule has 0 aromatic rings. The largest absolute Gasteiger partial charge is 0.461 e. The predicted octanol–water partition coefficient (Wildman–Crippen LogP) is 2.74. The molecular formula is C20H24O5. The Morgan fingerprint density at radius 2 is 1.96 bits per heavy atom. The molecule has 0 aromatic carbocycles. The Morgan fingerprint density at radius 3 is 2.68 bits per heavy atom. The summed E-state index contributed by atoms with van der Waals surface area (Å²) < 4.78 is 10.4. The van der Waals surface area contributed by atoms with Crippen LogP contribution >= 0.6 is 0 Å². The minimum atomic E-state index is -0.460. The van der Waals surface area contributed by atoms with Crippen molar-refractivity contribution in [3.05, 3.63) is 23.3 Å². The third kappa shape index (κ3) is 2.24. The van der Waals surface area contributed by atoms with E-state index in [9.17, 15) is 14.4 Å². The first kappa shape index (κ1) is 16.6. The number of cyclic esters (lactones) is 2. The van der Waals surface area contributed by atoms with Crippen LogP contribution in [-0.4, -0.2) is 30.9 Å². The Morgan fingerprint density at radius 1 is 1.16 bits per heavy atom. The van der Waals surface area contributed by atoms with Gasteiger partial charge in [-0.3, -0.25) is 4.79 Å². The number of allylic oxidation sites excluding steroid dienone is 1. The first-order valence-corrected chi connectivity index (χ1v) is 9.15. The van der Waals surface area contributed by atoms with Crippen molar-refractivity contribution >= 4 is 17.7 Å². The third-order valence-electron chi connectivity index (χ3n) is 7.19. The van der Waals surface area contributed by atoms with E-state index in [0.29, 0.717) is 31.6 Å². The summed E-state index contributed by atoms with van der Waals surface area (Å²) in [5.41, 5.74) is 0.714. The number of hydrogen-bond donors (Lipinski definition) is 0. The molecule has 0 N–H and O–H groups in total. The molecule has 4 rings (SSSR count). The van der Waals surface area contributed by atoms with E-state index in [1.165, 1.54) is 0 Å². The van der Waals surface area contributed by atoms with E-state index in [4.69, 9.17) is 9.47 Å². The number of ketones is 1. The van der Waals surface area contributed by atoms with Gasteiger partial charge in [0.05, 0.1) is 0 Å². The summed E-state index contributed by atoms with van der Waals surface area (Å²) in [6.07, 6.45) is 7.38. The summed E-state index contributed by atoms with van der Waals surface area (Å²) in [5, 5.41) is 0. The van der Waals surface area contributed by atoms with Gasteiger partial charge < -0.3 is 9.47 Å². The lowest BCUT2D eigenvalue weighted by atomic mass is 9.46. The molecule has 134 valence electrons. The normalized spacial score (nSPS) is 40.0. The second-order valence-electron chi connectivity index (χ2n) is 8.18. The van der Waals surface area contributed by atoms with E-state index in [0.717, 1.165) is 24.8 Å². The second kappa shape index (κ2) is 5.55. The Balaban J connectivity index is 1.68. The quantitative estimate of drug-likeness (QED) is 0.736. The van der Waals surface area contributed by atoms with Crippen LogP contribution in [0.2, 0.25) is 0 Å². The Bertz CT molecular complexity index is 718. The Kier molecular flexibility index (Phi) is 3.67. The van der Waals surface area contributed by atoms with Crippen LogP contribution in [0.5, 0.6) is 0 Å². The van der Waals surface area contributed by atoms with E-state index >= 15 is 0 Å². The molecule has 0 aromatic heterocycles. The van der Waals surface area contributed by atoms with Gasteiger partial charge in [0, 0.05) is 28.9 Å². The van der Waals surface area contributed by atoms with Crippen molar-refractivity contribution < 1.29 is 23.9 Å². The van der Waals surface area contributed by atoms with E-state index in [1.807, 2.05) is 19.1 Å². The van der Waals surface area contributed by atoms with Crippen LogP contribution in [0.25, 0.3) is 0 Å². The fourth-order valence-corrected chi connectivity index (χ4v) is 5.56. The molecule has 2 heterocycles. The average Bonchev–Trinajstić information content (AvgIpc) is 3.14. The molecule has 1 saturated heterocycles. The van der Waals surface area contributed by atoms with Gasteiger partial charge in [-0.05, 0) is 43.1 Å². The van der Waals surface area contributed by atoms with E-state index in [-0.39, 0.29) is 35.0 Å². The third-order valence-corrected chi connectivity index (χ3v) is 7.19. The highest BCUT2D eigenvalue weighted by molar-refractivity contribution is 5.96. The standard InChI is InChI=1S/C20H24O5/c1-12-15(21)10-20-11-25-18(23)14(20)4-3-5-16(20)19(12,2)8-6-13-7-9-24-17(13)22/h4,7,12,16H,3,5-6,8-11H2,1-2H3. The molecule has 4 aliphatic rings. The van der Waals surface area contributed by atoms with Crippen LogP contribution in [0.1, 0.15) is 46.0 Å². The number of carbonyl (C=O) groups is 3. The number of Topliss-reactive ketones (excluding diaryl/α,β-unsaturated/α-hetero) is 1. The van der Waals surface area contributed by atoms with Crippen molar-refractivity contribution in [2.24, 2.45) is 22.7 Å². The highest BCUT2D eigenvalue weighted by atomic mass is 16.5. The monoisotopic (exact) mass is 344 g/mol. The molecule has 2 aliphatic carbocycles. The zero-order valence-corrected chi connectivity index (χ0v) is 14.8. The Hall–Kier alpha value is -1.91. The van der Waals surface area contributed by atoms with Gasteiger partial charge in [-0.1, -0.05) is 19.9 Å². The summed E-state index contributed by atoms with van der Waals surface area (Å²) >= 11 is 0. The first-order valence-electron chi connectivity index (χ1n) is 9.15. The lowest BCUT2D eigenvalue weighted by molar-refractivity contribution is -0.145. The molecule has 4 unspecified atom stereocenters. The minimum absolute atomic E-state index is 0.0869. The predicted molar refractivity (Wildman–Crippen MR) is 89.4 cm³/mol. The number of esters is 2. The maximum Gasteiger partial charge on any atom is 0.334 e. The Labute approximate surface area is 147 Å². The molecule has 5 nitrogen and oxygen atoms in total. The molecule has 4 atom stereocenters. The van der Waals surface area contributed by atoms with Crippen LogP contribution in [0, 0.1) is 22.7 Å². The van der Waals surface area contributed by atoms with Crippen LogP contribution in [0.4, 0.5) is 0 Å². The van der Waals surface area contributed by atoms with Crippen molar-refractivity contribution in [2.45, 2.75) is 46.0 Å². The second-order valence-corrected chi connectivity index (χ2v) is 8.18. The highest BCUT2D eigenvalue weighted by Crippen LogP contribution is 2.63. The SMILES string of the molecule is CC1C(=O)CC23COC(=O)C2=CCCC3C1(C)CCC1=CCOC1=O. The fraction of sp³-hybridized carbons (Fsp3) is 0.650. The highest BCUT2D eigenvalue weighted by Gasteiger charge is 2.63. The molecule has 2 fully saturated rings. The number of carbonyl (C=O) groups excluding carboxylic acids is 3. The van der Waals surface area contributed by atoms with Gasteiger partial charge in [0.2, 0.25) is 0 Å². The van der Waals surface area contributed by atoms with Gasteiger partial charge in [-0.15, -0.1) is 0 Å². The molecule has 0 bridgehead atoms. The summed E-state index contributed by atoms with van der Waals surface area (Å²) in [6.45, 7) is 4.84. The topological polar surface area (TPSA) is 69.7 Å². The zero-order valence-electron chi connectivity index (χ0n) is 14.8. The van der Waals surface area contributed by atoms with Crippen molar-refractivity contribution in [1.29, 1.82) is 0 Å². The van der Waals surface area contributed by atoms with Crippen molar-refractivity contribution in [3.63, 3.8) is 0 Å². The van der Waals surface area contributed by atoms with Gasteiger partial charge in [-0.2, -0.15) is 0 Å².